The van der Waals surface area contributed by atoms with Gasteiger partial charge in [0.25, 0.3) is 0 Å². The third-order valence-corrected chi connectivity index (χ3v) is 6.24. The molecule has 5 heterocycles. The number of nitrogens with zero attached hydrogens (tertiary/aromatic N) is 6. The van der Waals surface area contributed by atoms with E-state index in [1.165, 1.54) is 0 Å². The number of aryl methyl sites for hydroxylation is 2. The number of H-pyrrole nitrogens is 1. The Kier molecular flexibility index (Phi) is 5.57. The van der Waals surface area contributed by atoms with Crippen molar-refractivity contribution in [2.75, 3.05) is 5.32 Å². The van der Waals surface area contributed by atoms with Crippen LogP contribution < -0.4 is 5.32 Å². The normalized spacial score (nSPS) is 11.2. The number of carbonyl (C=O) groups is 1. The molecule has 2 N–H and O–H groups in total. The second kappa shape index (κ2) is 9.19. The topological polar surface area (TPSA) is 106 Å². The van der Waals surface area contributed by atoms with Crippen molar-refractivity contribution in [3.63, 3.8) is 0 Å². The molecular formula is C28H24N8O. The van der Waals surface area contributed by atoms with Crippen LogP contribution in [0.25, 0.3) is 39.2 Å². The number of carbonyl (C=O) groups excluding carboxylic acids is 1. The Morgan fingerprint density at radius 1 is 1.03 bits per heavy atom. The Labute approximate surface area is 212 Å². The van der Waals surface area contributed by atoms with E-state index in [0.29, 0.717) is 0 Å². The van der Waals surface area contributed by atoms with Crippen molar-refractivity contribution in [3.8, 4) is 28.3 Å². The molecule has 0 aliphatic rings. The van der Waals surface area contributed by atoms with E-state index >= 15 is 0 Å². The second-order valence-electron chi connectivity index (χ2n) is 8.89. The standard InChI is InChI=1S/C28H24N8O/c1-18-16-36(17-31-18)28-23-14-25(33-24(23)9-11-30-28)19-5-7-21(8-6-19)32-27(37)13-22-12-26(34-35(22)2)20-4-3-10-29-15-20/h3-12,14-17,33H,13H2,1-2H3,(H,32,37). The molecule has 9 nitrogen and oxygen atoms in total. The van der Waals surface area contributed by atoms with Gasteiger partial charge in [-0.3, -0.25) is 19.0 Å². The zero-order valence-corrected chi connectivity index (χ0v) is 20.4. The molecule has 0 aliphatic heterocycles. The summed E-state index contributed by atoms with van der Waals surface area (Å²) < 4.78 is 3.66. The molecular weight excluding hydrogens is 464 g/mol. The lowest BCUT2D eigenvalue weighted by Gasteiger charge is -2.06. The van der Waals surface area contributed by atoms with Crippen LogP contribution in [0.5, 0.6) is 0 Å². The number of hydrogen-bond donors (Lipinski definition) is 2. The predicted octanol–water partition coefficient (Wildman–Crippen LogP) is 4.70. The first kappa shape index (κ1) is 22.4. The molecule has 9 heteroatoms. The summed E-state index contributed by atoms with van der Waals surface area (Å²) in [5.74, 6) is 0.719. The van der Waals surface area contributed by atoms with Crippen LogP contribution in [0.4, 0.5) is 5.69 Å². The van der Waals surface area contributed by atoms with Crippen LogP contribution in [0, 0.1) is 6.92 Å². The molecule has 0 atom stereocenters. The van der Waals surface area contributed by atoms with Crippen LogP contribution in [0.15, 0.2) is 85.7 Å². The molecule has 1 aromatic carbocycles. The van der Waals surface area contributed by atoms with E-state index in [9.17, 15) is 4.79 Å². The van der Waals surface area contributed by atoms with Crippen molar-refractivity contribution in [1.82, 2.24) is 34.3 Å². The van der Waals surface area contributed by atoms with Gasteiger partial charge in [-0.05, 0) is 55.0 Å². The smallest absolute Gasteiger partial charge is 0.230 e. The highest BCUT2D eigenvalue weighted by Gasteiger charge is 2.13. The number of pyridine rings is 2. The highest BCUT2D eigenvalue weighted by molar-refractivity contribution is 5.93. The fraction of sp³-hybridized carbons (Fsp3) is 0.107. The molecule has 0 aliphatic carbocycles. The molecule has 6 aromatic rings. The third kappa shape index (κ3) is 4.50. The largest absolute Gasteiger partial charge is 0.354 e. The van der Waals surface area contributed by atoms with Crippen LogP contribution in [0.3, 0.4) is 0 Å². The first-order valence-corrected chi connectivity index (χ1v) is 11.9. The van der Waals surface area contributed by atoms with Gasteiger partial charge in [-0.2, -0.15) is 5.10 Å². The predicted molar refractivity (Wildman–Crippen MR) is 142 cm³/mol. The summed E-state index contributed by atoms with van der Waals surface area (Å²) >= 11 is 0. The fourth-order valence-corrected chi connectivity index (χ4v) is 4.37. The number of amides is 1. The molecule has 1 amide bonds. The van der Waals surface area contributed by atoms with Crippen LogP contribution in [0.1, 0.15) is 11.4 Å². The van der Waals surface area contributed by atoms with Gasteiger partial charge in [-0.15, -0.1) is 0 Å². The van der Waals surface area contributed by atoms with E-state index < -0.39 is 0 Å². The van der Waals surface area contributed by atoms with Gasteiger partial charge in [0, 0.05) is 59.9 Å². The number of benzene rings is 1. The van der Waals surface area contributed by atoms with Crippen LogP contribution in [0.2, 0.25) is 0 Å². The number of aromatic nitrogens is 7. The van der Waals surface area contributed by atoms with Crippen molar-refractivity contribution >= 4 is 22.5 Å². The molecule has 0 radical (unpaired) electrons. The summed E-state index contributed by atoms with van der Waals surface area (Å²) in [4.78, 5) is 29.2. The zero-order valence-electron chi connectivity index (χ0n) is 20.4. The van der Waals surface area contributed by atoms with E-state index in [4.69, 9.17) is 0 Å². The van der Waals surface area contributed by atoms with Gasteiger partial charge < -0.3 is 10.3 Å². The monoisotopic (exact) mass is 488 g/mol. The molecule has 6 rings (SSSR count). The second-order valence-corrected chi connectivity index (χ2v) is 8.89. The van der Waals surface area contributed by atoms with E-state index in [1.54, 1.807) is 29.6 Å². The number of rotatable bonds is 6. The number of anilines is 1. The molecule has 37 heavy (non-hydrogen) atoms. The maximum Gasteiger partial charge on any atom is 0.230 e. The Hall–Kier alpha value is -5.05. The van der Waals surface area contributed by atoms with Gasteiger partial charge >= 0.3 is 0 Å². The van der Waals surface area contributed by atoms with Crippen molar-refractivity contribution in [2.45, 2.75) is 13.3 Å². The summed E-state index contributed by atoms with van der Waals surface area (Å²) in [7, 11) is 1.84. The molecule has 0 saturated carbocycles. The maximum absolute atomic E-state index is 12.7. The summed E-state index contributed by atoms with van der Waals surface area (Å²) in [6.45, 7) is 1.95. The van der Waals surface area contributed by atoms with E-state index in [0.717, 1.165) is 56.3 Å². The highest BCUT2D eigenvalue weighted by Crippen LogP contribution is 2.28. The van der Waals surface area contributed by atoms with Gasteiger partial charge in [-0.25, -0.2) is 9.97 Å². The van der Waals surface area contributed by atoms with Gasteiger partial charge in [0.15, 0.2) is 0 Å². The lowest BCUT2D eigenvalue weighted by Crippen LogP contribution is -2.16. The molecule has 182 valence electrons. The van der Waals surface area contributed by atoms with Crippen molar-refractivity contribution in [2.24, 2.45) is 7.05 Å². The van der Waals surface area contributed by atoms with Gasteiger partial charge in [0.1, 0.15) is 12.1 Å². The van der Waals surface area contributed by atoms with Crippen molar-refractivity contribution in [1.29, 1.82) is 0 Å². The lowest BCUT2D eigenvalue weighted by atomic mass is 10.1. The number of aromatic amines is 1. The Morgan fingerprint density at radius 2 is 1.89 bits per heavy atom. The van der Waals surface area contributed by atoms with E-state index in [-0.39, 0.29) is 12.3 Å². The third-order valence-electron chi connectivity index (χ3n) is 6.24. The lowest BCUT2D eigenvalue weighted by molar-refractivity contribution is -0.115. The quantitative estimate of drug-likeness (QED) is 0.353. The summed E-state index contributed by atoms with van der Waals surface area (Å²) in [5, 5.41) is 8.50. The Morgan fingerprint density at radius 3 is 2.65 bits per heavy atom. The first-order chi connectivity index (χ1) is 18.0. The summed E-state index contributed by atoms with van der Waals surface area (Å²) in [6.07, 6.45) is 9.21. The summed E-state index contributed by atoms with van der Waals surface area (Å²) in [6, 6.07) is 17.6. The number of fused-ring (bicyclic) bond motifs is 1. The maximum atomic E-state index is 12.7. The molecule has 0 saturated heterocycles. The summed E-state index contributed by atoms with van der Waals surface area (Å²) in [5.41, 5.74) is 7.17. The Bertz CT molecular complexity index is 1710. The fourth-order valence-electron chi connectivity index (χ4n) is 4.37. The van der Waals surface area contributed by atoms with Gasteiger partial charge in [0.05, 0.1) is 23.3 Å². The molecule has 0 unspecified atom stereocenters. The highest BCUT2D eigenvalue weighted by atomic mass is 16.1. The van der Waals surface area contributed by atoms with Gasteiger partial charge in [-0.1, -0.05) is 12.1 Å². The number of nitrogens with one attached hydrogen (secondary N) is 2. The average Bonchev–Trinajstić information content (AvgIpc) is 3.63. The number of hydrogen-bond acceptors (Lipinski definition) is 5. The van der Waals surface area contributed by atoms with Crippen molar-refractivity contribution < 1.29 is 4.79 Å². The van der Waals surface area contributed by atoms with Crippen LogP contribution in [-0.4, -0.2) is 40.2 Å². The van der Waals surface area contributed by atoms with Crippen LogP contribution >= 0.6 is 0 Å². The van der Waals surface area contributed by atoms with Gasteiger partial charge in [0.2, 0.25) is 5.91 Å². The SMILES string of the molecule is Cc1cn(-c2nccc3[nH]c(-c4ccc(NC(=O)Cc5cc(-c6cccnc6)nn5C)cc4)cc23)cn1. The zero-order chi connectivity index (χ0) is 25.4. The minimum Gasteiger partial charge on any atom is -0.354 e. The average molecular weight is 489 g/mol. The van der Waals surface area contributed by atoms with Crippen LogP contribution in [-0.2, 0) is 18.3 Å². The van der Waals surface area contributed by atoms with Crippen molar-refractivity contribution in [3.05, 3.63) is 97.1 Å². The first-order valence-electron chi connectivity index (χ1n) is 11.9. The van der Waals surface area contributed by atoms with E-state index in [2.05, 4.69) is 36.4 Å². The molecule has 5 aromatic heterocycles. The molecule has 0 spiro atoms. The molecule has 0 bridgehead atoms. The minimum absolute atomic E-state index is 0.106. The number of imidazole rings is 1. The minimum atomic E-state index is -0.106. The Balaban J connectivity index is 1.17. The van der Waals surface area contributed by atoms with E-state index in [1.807, 2.05) is 73.3 Å². The molecule has 0 fully saturated rings.